The normalized spacial score (nSPS) is 12.9. The number of amides is 2. The van der Waals surface area contributed by atoms with Crippen molar-refractivity contribution >= 4 is 27.5 Å². The molecule has 2 aromatic rings. The number of benzene rings is 2. The van der Waals surface area contributed by atoms with Gasteiger partial charge in [0.1, 0.15) is 24.1 Å². The van der Waals surface area contributed by atoms with Gasteiger partial charge in [-0.05, 0) is 44.9 Å². The molecule has 2 rings (SSSR count). The van der Waals surface area contributed by atoms with Crippen molar-refractivity contribution in [3.05, 3.63) is 53.6 Å². The van der Waals surface area contributed by atoms with Crippen LogP contribution < -0.4 is 19.1 Å². The van der Waals surface area contributed by atoms with E-state index in [4.69, 9.17) is 9.47 Å². The Morgan fingerprint density at radius 3 is 2.31 bits per heavy atom. The Hall–Kier alpha value is -3.27. The Labute approximate surface area is 214 Å². The average Bonchev–Trinajstić information content (AvgIpc) is 2.84. The van der Waals surface area contributed by atoms with E-state index in [1.807, 2.05) is 45.0 Å². The van der Waals surface area contributed by atoms with Crippen LogP contribution in [0.5, 0.6) is 11.5 Å². The molecule has 0 unspecified atom stereocenters. The molecule has 0 aliphatic heterocycles. The van der Waals surface area contributed by atoms with Crippen LogP contribution >= 0.6 is 0 Å². The first-order valence-corrected chi connectivity index (χ1v) is 13.6. The summed E-state index contributed by atoms with van der Waals surface area (Å²) in [7, 11) is -1.03. The van der Waals surface area contributed by atoms with E-state index in [0.717, 1.165) is 28.1 Å². The van der Waals surface area contributed by atoms with Gasteiger partial charge in [0.15, 0.2) is 0 Å². The molecule has 198 valence electrons. The Balaban J connectivity index is 2.48. The number of hydrogen-bond donors (Lipinski definition) is 1. The van der Waals surface area contributed by atoms with E-state index in [2.05, 4.69) is 5.32 Å². The SMILES string of the molecule is CC[C@@H](C)NC(=O)[C@@H](C)N(Cc1cccc(C)c1)C(=O)CN(c1cc(OC)ccc1OC)S(C)(=O)=O. The van der Waals surface area contributed by atoms with Gasteiger partial charge in [-0.25, -0.2) is 8.42 Å². The lowest BCUT2D eigenvalue weighted by atomic mass is 10.1. The largest absolute Gasteiger partial charge is 0.497 e. The van der Waals surface area contributed by atoms with Gasteiger partial charge in [0.25, 0.3) is 0 Å². The standard InChI is InChI=1S/C26H37N3O6S/c1-8-19(3)27-26(31)20(4)28(16-21-11-9-10-18(2)14-21)25(30)17-29(36(7,32)33)23-15-22(34-5)12-13-24(23)35-6/h9-15,19-20H,8,16-17H2,1-7H3,(H,27,31)/t19-,20-/m1/s1. The molecule has 36 heavy (non-hydrogen) atoms. The number of sulfonamides is 1. The first-order chi connectivity index (χ1) is 16.9. The fraction of sp³-hybridized carbons (Fsp3) is 0.462. The molecule has 0 radical (unpaired) electrons. The van der Waals surface area contributed by atoms with Gasteiger partial charge in [0.2, 0.25) is 21.8 Å². The van der Waals surface area contributed by atoms with Gasteiger partial charge in [-0.3, -0.25) is 13.9 Å². The Kier molecular flexibility index (Phi) is 10.2. The summed E-state index contributed by atoms with van der Waals surface area (Å²) >= 11 is 0. The van der Waals surface area contributed by atoms with Crippen LogP contribution in [0.1, 0.15) is 38.3 Å². The number of carbonyl (C=O) groups excluding carboxylic acids is 2. The van der Waals surface area contributed by atoms with E-state index in [1.54, 1.807) is 19.1 Å². The molecule has 0 fully saturated rings. The van der Waals surface area contributed by atoms with Crippen molar-refractivity contribution in [2.45, 2.75) is 52.7 Å². The number of methoxy groups -OCH3 is 2. The van der Waals surface area contributed by atoms with Gasteiger partial charge >= 0.3 is 0 Å². The van der Waals surface area contributed by atoms with Gasteiger partial charge in [-0.15, -0.1) is 0 Å². The molecule has 0 spiro atoms. The number of nitrogens with one attached hydrogen (secondary N) is 1. The summed E-state index contributed by atoms with van der Waals surface area (Å²) in [6.45, 7) is 7.05. The van der Waals surface area contributed by atoms with Crippen molar-refractivity contribution in [1.29, 1.82) is 0 Å². The smallest absolute Gasteiger partial charge is 0.244 e. The second kappa shape index (κ2) is 12.6. The third-order valence-corrected chi connectivity index (χ3v) is 7.06. The van der Waals surface area contributed by atoms with Gasteiger partial charge in [-0.2, -0.15) is 0 Å². The predicted octanol–water partition coefficient (Wildman–Crippen LogP) is 3.11. The molecule has 0 aromatic heterocycles. The topological polar surface area (TPSA) is 105 Å². The zero-order valence-electron chi connectivity index (χ0n) is 22.1. The molecular weight excluding hydrogens is 482 g/mol. The molecule has 2 aromatic carbocycles. The molecule has 0 saturated heterocycles. The summed E-state index contributed by atoms with van der Waals surface area (Å²) in [5.41, 5.74) is 2.01. The number of hydrogen-bond acceptors (Lipinski definition) is 6. The number of anilines is 1. The van der Waals surface area contributed by atoms with Gasteiger partial charge in [0, 0.05) is 18.7 Å². The van der Waals surface area contributed by atoms with Crippen LogP contribution in [0.3, 0.4) is 0 Å². The minimum absolute atomic E-state index is 0.0653. The molecular formula is C26H37N3O6S. The number of rotatable bonds is 12. The zero-order chi connectivity index (χ0) is 27.0. The molecule has 0 saturated carbocycles. The molecule has 9 nitrogen and oxygen atoms in total. The van der Waals surface area contributed by atoms with Crippen LogP contribution in [0, 0.1) is 6.92 Å². The molecule has 2 atom stereocenters. The number of nitrogens with zero attached hydrogens (tertiary/aromatic N) is 2. The highest BCUT2D eigenvalue weighted by molar-refractivity contribution is 7.92. The molecule has 0 heterocycles. The first-order valence-electron chi connectivity index (χ1n) is 11.8. The van der Waals surface area contributed by atoms with Crippen molar-refractivity contribution in [2.24, 2.45) is 0 Å². The highest BCUT2D eigenvalue weighted by Crippen LogP contribution is 2.34. The van der Waals surface area contributed by atoms with Crippen LogP contribution in [0.2, 0.25) is 0 Å². The van der Waals surface area contributed by atoms with Crippen molar-refractivity contribution in [2.75, 3.05) is 31.3 Å². The molecule has 0 bridgehead atoms. The first kappa shape index (κ1) is 29.0. The fourth-order valence-corrected chi connectivity index (χ4v) is 4.49. The van der Waals surface area contributed by atoms with Crippen LogP contribution in [0.4, 0.5) is 5.69 Å². The maximum Gasteiger partial charge on any atom is 0.244 e. The molecule has 0 aliphatic rings. The second-order valence-corrected chi connectivity index (χ2v) is 10.7. The number of carbonyl (C=O) groups is 2. The minimum atomic E-state index is -3.90. The lowest BCUT2D eigenvalue weighted by Crippen LogP contribution is -2.52. The van der Waals surface area contributed by atoms with Gasteiger partial charge in [0.05, 0.1) is 26.2 Å². The van der Waals surface area contributed by atoms with Crippen molar-refractivity contribution in [1.82, 2.24) is 10.2 Å². The quantitative estimate of drug-likeness (QED) is 0.462. The van der Waals surface area contributed by atoms with Crippen molar-refractivity contribution in [3.8, 4) is 11.5 Å². The van der Waals surface area contributed by atoms with E-state index in [0.29, 0.717) is 5.75 Å². The third kappa shape index (κ3) is 7.61. The van der Waals surface area contributed by atoms with Gasteiger partial charge in [-0.1, -0.05) is 36.8 Å². The lowest BCUT2D eigenvalue weighted by molar-refractivity contribution is -0.139. The van der Waals surface area contributed by atoms with E-state index in [1.165, 1.54) is 25.2 Å². The van der Waals surface area contributed by atoms with E-state index in [-0.39, 0.29) is 29.9 Å². The van der Waals surface area contributed by atoms with Crippen LogP contribution in [-0.2, 0) is 26.2 Å². The summed E-state index contributed by atoms with van der Waals surface area (Å²) in [6.07, 6.45) is 1.75. The highest BCUT2D eigenvalue weighted by atomic mass is 32.2. The Morgan fingerprint density at radius 2 is 1.75 bits per heavy atom. The maximum absolute atomic E-state index is 13.7. The third-order valence-electron chi connectivity index (χ3n) is 5.94. The zero-order valence-corrected chi connectivity index (χ0v) is 22.9. The van der Waals surface area contributed by atoms with Crippen LogP contribution in [-0.4, -0.2) is 64.2 Å². The van der Waals surface area contributed by atoms with E-state index in [9.17, 15) is 18.0 Å². The predicted molar refractivity (Wildman–Crippen MR) is 141 cm³/mol. The Morgan fingerprint density at radius 1 is 1.06 bits per heavy atom. The summed E-state index contributed by atoms with van der Waals surface area (Å²) < 4.78 is 37.2. The van der Waals surface area contributed by atoms with Crippen LogP contribution in [0.25, 0.3) is 0 Å². The average molecular weight is 520 g/mol. The molecule has 0 aliphatic carbocycles. The fourth-order valence-electron chi connectivity index (χ4n) is 3.64. The molecule has 10 heteroatoms. The Bertz CT molecular complexity index is 1170. The van der Waals surface area contributed by atoms with Gasteiger partial charge < -0.3 is 19.7 Å². The molecule has 1 N–H and O–H groups in total. The number of ether oxygens (including phenoxy) is 2. The van der Waals surface area contributed by atoms with E-state index < -0.39 is 28.5 Å². The second-order valence-electron chi connectivity index (χ2n) is 8.81. The summed E-state index contributed by atoms with van der Waals surface area (Å²) in [6, 6.07) is 11.4. The van der Waals surface area contributed by atoms with Crippen molar-refractivity contribution in [3.63, 3.8) is 0 Å². The minimum Gasteiger partial charge on any atom is -0.497 e. The van der Waals surface area contributed by atoms with Crippen LogP contribution in [0.15, 0.2) is 42.5 Å². The van der Waals surface area contributed by atoms with E-state index >= 15 is 0 Å². The number of aryl methyl sites for hydroxylation is 1. The highest BCUT2D eigenvalue weighted by Gasteiger charge is 2.31. The lowest BCUT2D eigenvalue weighted by Gasteiger charge is -2.32. The summed E-state index contributed by atoms with van der Waals surface area (Å²) in [4.78, 5) is 28.1. The summed E-state index contributed by atoms with van der Waals surface area (Å²) in [5, 5.41) is 2.91. The van der Waals surface area contributed by atoms with Crippen molar-refractivity contribution < 1.29 is 27.5 Å². The monoisotopic (exact) mass is 519 g/mol. The summed E-state index contributed by atoms with van der Waals surface area (Å²) in [5.74, 6) is -0.166. The maximum atomic E-state index is 13.7. The molecule has 2 amide bonds.